The van der Waals surface area contributed by atoms with Crippen LogP contribution in [0.1, 0.15) is 27.2 Å². The summed E-state index contributed by atoms with van der Waals surface area (Å²) in [6.07, 6.45) is 1.02. The Morgan fingerprint density at radius 1 is 1.47 bits per heavy atom. The molecule has 0 aliphatic rings. The topological polar surface area (TPSA) is 58.4 Å². The summed E-state index contributed by atoms with van der Waals surface area (Å²) in [5.41, 5.74) is 6.79. The van der Waals surface area contributed by atoms with E-state index in [4.69, 9.17) is 17.3 Å². The van der Waals surface area contributed by atoms with Crippen LogP contribution in [-0.2, 0) is 4.79 Å². The molecule has 1 atom stereocenters. The third-order valence-corrected chi connectivity index (χ3v) is 3.55. The van der Waals surface area contributed by atoms with Gasteiger partial charge >= 0.3 is 0 Å². The Morgan fingerprint density at radius 3 is 2.68 bits per heavy atom. The quantitative estimate of drug-likeness (QED) is 0.789. The molecule has 0 spiro atoms. The lowest BCUT2D eigenvalue weighted by Gasteiger charge is -2.26. The summed E-state index contributed by atoms with van der Waals surface area (Å²) in [7, 11) is 0. The number of nitrogen functional groups attached to an aromatic ring is 1. The molecular formula is C14H22ClN3O. The van der Waals surface area contributed by atoms with Crippen molar-refractivity contribution in [2.45, 2.75) is 33.2 Å². The Labute approximate surface area is 119 Å². The monoisotopic (exact) mass is 283 g/mol. The van der Waals surface area contributed by atoms with Crippen molar-refractivity contribution in [2.75, 3.05) is 24.1 Å². The first-order valence-electron chi connectivity index (χ1n) is 6.56. The van der Waals surface area contributed by atoms with Gasteiger partial charge in [-0.05, 0) is 38.1 Å². The molecule has 0 bridgehead atoms. The van der Waals surface area contributed by atoms with E-state index in [9.17, 15) is 4.79 Å². The molecule has 1 rings (SSSR count). The van der Waals surface area contributed by atoms with Crippen molar-refractivity contribution in [3.63, 3.8) is 0 Å². The average molecular weight is 284 g/mol. The molecule has 0 saturated heterocycles. The molecule has 0 radical (unpaired) electrons. The van der Waals surface area contributed by atoms with E-state index in [-0.39, 0.29) is 5.91 Å². The summed E-state index contributed by atoms with van der Waals surface area (Å²) in [4.78, 5) is 14.1. The Morgan fingerprint density at radius 2 is 2.16 bits per heavy atom. The molecule has 106 valence electrons. The van der Waals surface area contributed by atoms with E-state index in [1.807, 2.05) is 0 Å². The zero-order chi connectivity index (χ0) is 14.4. The standard InChI is InChI=1S/C14H22ClN3O/c1-4-10(3)18(5-2)9-14(19)17-13-7-6-11(16)8-12(13)15/h6-8,10H,4-5,9,16H2,1-3H3,(H,17,19). The first-order valence-corrected chi connectivity index (χ1v) is 6.94. The summed E-state index contributed by atoms with van der Waals surface area (Å²) < 4.78 is 0. The number of benzene rings is 1. The van der Waals surface area contributed by atoms with Gasteiger partial charge in [0, 0.05) is 11.7 Å². The van der Waals surface area contributed by atoms with Crippen LogP contribution in [0, 0.1) is 0 Å². The minimum Gasteiger partial charge on any atom is -0.399 e. The molecule has 1 amide bonds. The maximum Gasteiger partial charge on any atom is 0.238 e. The number of halogens is 1. The number of rotatable bonds is 6. The Kier molecular flexibility index (Phi) is 6.12. The molecule has 0 aliphatic heterocycles. The second-order valence-corrected chi connectivity index (χ2v) is 5.02. The van der Waals surface area contributed by atoms with Gasteiger partial charge in [0.05, 0.1) is 17.3 Å². The minimum atomic E-state index is -0.0613. The molecule has 19 heavy (non-hydrogen) atoms. The fourth-order valence-electron chi connectivity index (χ4n) is 1.84. The lowest BCUT2D eigenvalue weighted by molar-refractivity contribution is -0.117. The molecular weight excluding hydrogens is 262 g/mol. The molecule has 1 aromatic rings. The van der Waals surface area contributed by atoms with Crippen LogP contribution in [-0.4, -0.2) is 29.9 Å². The van der Waals surface area contributed by atoms with E-state index < -0.39 is 0 Å². The Balaban J connectivity index is 2.64. The predicted octanol–water partition coefficient (Wildman–Crippen LogP) is 2.98. The van der Waals surface area contributed by atoms with Crippen molar-refractivity contribution in [1.82, 2.24) is 4.90 Å². The van der Waals surface area contributed by atoms with Crippen molar-refractivity contribution in [3.05, 3.63) is 23.2 Å². The maximum absolute atomic E-state index is 12.0. The van der Waals surface area contributed by atoms with Gasteiger partial charge in [0.15, 0.2) is 0 Å². The molecule has 1 unspecified atom stereocenters. The van der Waals surface area contributed by atoms with Crippen LogP contribution in [0.25, 0.3) is 0 Å². The number of carbonyl (C=O) groups is 1. The number of nitrogens with zero attached hydrogens (tertiary/aromatic N) is 1. The van der Waals surface area contributed by atoms with Gasteiger partial charge in [0.1, 0.15) is 0 Å². The molecule has 0 fully saturated rings. The van der Waals surface area contributed by atoms with E-state index in [1.54, 1.807) is 18.2 Å². The van der Waals surface area contributed by atoms with Gasteiger partial charge < -0.3 is 11.1 Å². The highest BCUT2D eigenvalue weighted by atomic mass is 35.5. The molecule has 0 heterocycles. The fraction of sp³-hybridized carbons (Fsp3) is 0.500. The second-order valence-electron chi connectivity index (χ2n) is 4.61. The first kappa shape index (κ1) is 15.8. The molecule has 4 nitrogen and oxygen atoms in total. The summed E-state index contributed by atoms with van der Waals surface area (Å²) >= 11 is 6.03. The zero-order valence-electron chi connectivity index (χ0n) is 11.7. The summed E-state index contributed by atoms with van der Waals surface area (Å²) in [6, 6.07) is 5.45. The molecule has 3 N–H and O–H groups in total. The highest BCUT2D eigenvalue weighted by Crippen LogP contribution is 2.23. The van der Waals surface area contributed by atoms with Crippen LogP contribution in [0.3, 0.4) is 0 Å². The maximum atomic E-state index is 12.0. The lowest BCUT2D eigenvalue weighted by Crippen LogP contribution is -2.39. The first-order chi connectivity index (χ1) is 8.97. The smallest absolute Gasteiger partial charge is 0.238 e. The number of anilines is 2. The van der Waals surface area contributed by atoms with Gasteiger partial charge in [-0.2, -0.15) is 0 Å². The molecule has 0 saturated carbocycles. The molecule has 0 aliphatic carbocycles. The van der Waals surface area contributed by atoms with Crippen LogP contribution < -0.4 is 11.1 Å². The number of hydrogen-bond acceptors (Lipinski definition) is 3. The predicted molar refractivity (Wildman–Crippen MR) is 81.5 cm³/mol. The number of hydrogen-bond donors (Lipinski definition) is 2. The third kappa shape index (κ3) is 4.73. The fourth-order valence-corrected chi connectivity index (χ4v) is 2.08. The second kappa shape index (κ2) is 7.36. The average Bonchev–Trinajstić information content (AvgIpc) is 2.38. The van der Waals surface area contributed by atoms with Gasteiger partial charge in [0.25, 0.3) is 0 Å². The summed E-state index contributed by atoms with van der Waals surface area (Å²) in [5.74, 6) is -0.0613. The van der Waals surface area contributed by atoms with Crippen molar-refractivity contribution in [3.8, 4) is 0 Å². The van der Waals surface area contributed by atoms with Crippen molar-refractivity contribution in [2.24, 2.45) is 0 Å². The number of nitrogens with two attached hydrogens (primary N) is 1. The van der Waals surface area contributed by atoms with Gasteiger partial charge in [0.2, 0.25) is 5.91 Å². The van der Waals surface area contributed by atoms with E-state index in [1.165, 1.54) is 0 Å². The molecule has 0 aromatic heterocycles. The van der Waals surface area contributed by atoms with E-state index >= 15 is 0 Å². The lowest BCUT2D eigenvalue weighted by atomic mass is 10.2. The molecule has 5 heteroatoms. The van der Waals surface area contributed by atoms with Crippen LogP contribution in [0.4, 0.5) is 11.4 Å². The number of carbonyl (C=O) groups excluding carboxylic acids is 1. The zero-order valence-corrected chi connectivity index (χ0v) is 12.5. The highest BCUT2D eigenvalue weighted by Gasteiger charge is 2.14. The van der Waals surface area contributed by atoms with Crippen LogP contribution in [0.2, 0.25) is 5.02 Å². The van der Waals surface area contributed by atoms with Gasteiger partial charge in [-0.1, -0.05) is 25.4 Å². The van der Waals surface area contributed by atoms with Gasteiger partial charge in [-0.25, -0.2) is 0 Å². The third-order valence-electron chi connectivity index (χ3n) is 3.23. The van der Waals surface area contributed by atoms with E-state index in [0.29, 0.717) is 29.0 Å². The van der Waals surface area contributed by atoms with Gasteiger partial charge in [-0.15, -0.1) is 0 Å². The van der Waals surface area contributed by atoms with E-state index in [0.717, 1.165) is 13.0 Å². The highest BCUT2D eigenvalue weighted by molar-refractivity contribution is 6.34. The SMILES string of the molecule is CCC(C)N(CC)CC(=O)Nc1ccc(N)cc1Cl. The normalized spacial score (nSPS) is 12.5. The Hall–Kier alpha value is -1.26. The summed E-state index contributed by atoms with van der Waals surface area (Å²) in [5, 5.41) is 3.27. The molecule has 1 aromatic carbocycles. The summed E-state index contributed by atoms with van der Waals surface area (Å²) in [6.45, 7) is 7.49. The van der Waals surface area contributed by atoms with Crippen LogP contribution in [0.5, 0.6) is 0 Å². The van der Waals surface area contributed by atoms with Crippen molar-refractivity contribution in [1.29, 1.82) is 0 Å². The number of nitrogens with one attached hydrogen (secondary N) is 1. The largest absolute Gasteiger partial charge is 0.399 e. The van der Waals surface area contributed by atoms with Crippen LogP contribution >= 0.6 is 11.6 Å². The minimum absolute atomic E-state index is 0.0613. The van der Waals surface area contributed by atoms with Crippen molar-refractivity contribution < 1.29 is 4.79 Å². The number of amides is 1. The van der Waals surface area contributed by atoms with Crippen molar-refractivity contribution >= 4 is 28.9 Å². The van der Waals surface area contributed by atoms with Crippen LogP contribution in [0.15, 0.2) is 18.2 Å². The Bertz CT molecular complexity index is 437. The number of likely N-dealkylation sites (N-methyl/N-ethyl adjacent to an activating group) is 1. The van der Waals surface area contributed by atoms with E-state index in [2.05, 4.69) is 31.0 Å². The van der Waals surface area contributed by atoms with Gasteiger partial charge in [-0.3, -0.25) is 9.69 Å².